The smallest absolute Gasteiger partial charge is 0.328 e. The van der Waals surface area contributed by atoms with Crippen LogP contribution in [0.15, 0.2) is 0 Å². The summed E-state index contributed by atoms with van der Waals surface area (Å²) in [5.41, 5.74) is 0. The van der Waals surface area contributed by atoms with Gasteiger partial charge in [-0.25, -0.2) is 9.59 Å². The summed E-state index contributed by atoms with van der Waals surface area (Å²) >= 11 is 0. The Morgan fingerprint density at radius 2 is 2.00 bits per heavy atom. The molecule has 0 aliphatic carbocycles. The second-order valence-corrected chi connectivity index (χ2v) is 4.49. The zero-order valence-corrected chi connectivity index (χ0v) is 10.1. The lowest BCUT2D eigenvalue weighted by atomic mass is 10.1. The van der Waals surface area contributed by atoms with Crippen LogP contribution in [0.5, 0.6) is 0 Å². The van der Waals surface area contributed by atoms with Crippen LogP contribution in [0, 0.1) is 0 Å². The molecule has 0 aromatic rings. The fourth-order valence-corrected chi connectivity index (χ4v) is 2.16. The van der Waals surface area contributed by atoms with Gasteiger partial charge in [-0.05, 0) is 12.8 Å². The Morgan fingerprint density at radius 1 is 1.22 bits per heavy atom. The maximum atomic E-state index is 12.0. The van der Waals surface area contributed by atoms with E-state index >= 15 is 0 Å². The van der Waals surface area contributed by atoms with E-state index in [9.17, 15) is 9.59 Å². The van der Waals surface area contributed by atoms with Gasteiger partial charge >= 0.3 is 12.0 Å². The predicted octanol–water partition coefficient (Wildman–Crippen LogP) is -0.340. The fraction of sp³-hybridized carbons (Fsp3) is 0.818. The Kier molecular flexibility index (Phi) is 4.38. The summed E-state index contributed by atoms with van der Waals surface area (Å²) in [4.78, 5) is 24.4. The van der Waals surface area contributed by atoms with E-state index in [-0.39, 0.29) is 18.7 Å². The van der Waals surface area contributed by atoms with Gasteiger partial charge < -0.3 is 24.8 Å². The molecule has 2 aliphatic rings. The number of carboxylic acid groups (broad SMARTS) is 1. The van der Waals surface area contributed by atoms with Crippen molar-refractivity contribution in [3.8, 4) is 0 Å². The Balaban J connectivity index is 1.91. The summed E-state index contributed by atoms with van der Waals surface area (Å²) in [5, 5.41) is 11.9. The molecule has 0 saturated carbocycles. The van der Waals surface area contributed by atoms with Crippen molar-refractivity contribution in [2.75, 3.05) is 33.0 Å². The first-order chi connectivity index (χ1) is 8.68. The molecular formula is C11H18N2O5. The van der Waals surface area contributed by atoms with Gasteiger partial charge in [-0.15, -0.1) is 0 Å². The summed E-state index contributed by atoms with van der Waals surface area (Å²) < 4.78 is 10.4. The van der Waals surface area contributed by atoms with E-state index in [0.717, 1.165) is 19.4 Å². The van der Waals surface area contributed by atoms with Crippen molar-refractivity contribution in [3.05, 3.63) is 0 Å². The van der Waals surface area contributed by atoms with Crippen LogP contribution in [0.1, 0.15) is 12.8 Å². The Hall–Kier alpha value is -1.34. The molecule has 0 aromatic heterocycles. The van der Waals surface area contributed by atoms with Crippen molar-refractivity contribution in [1.82, 2.24) is 10.2 Å². The first kappa shape index (κ1) is 13.1. The number of nitrogens with one attached hydrogen (secondary N) is 1. The molecule has 2 rings (SSSR count). The first-order valence-electron chi connectivity index (χ1n) is 6.14. The maximum Gasteiger partial charge on any atom is 0.328 e. The highest BCUT2D eigenvalue weighted by molar-refractivity contribution is 5.83. The number of morpholine rings is 1. The minimum absolute atomic E-state index is 0.0245. The summed E-state index contributed by atoms with van der Waals surface area (Å²) in [5.74, 6) is -1.04. The molecule has 7 heteroatoms. The molecule has 2 aliphatic heterocycles. The number of carbonyl (C=O) groups is 2. The fourth-order valence-electron chi connectivity index (χ4n) is 2.16. The first-order valence-corrected chi connectivity index (χ1v) is 6.14. The number of hydrogen-bond donors (Lipinski definition) is 2. The SMILES string of the molecule is O=C(O)C1COCCN1C(=O)NC1CCCOC1. The summed E-state index contributed by atoms with van der Waals surface area (Å²) in [6.45, 7) is 1.94. The average Bonchev–Trinajstić information content (AvgIpc) is 2.40. The third kappa shape index (κ3) is 3.11. The monoisotopic (exact) mass is 258 g/mol. The number of carbonyl (C=O) groups excluding carboxylic acids is 1. The van der Waals surface area contributed by atoms with Crippen LogP contribution in [-0.4, -0.2) is 67.1 Å². The molecule has 2 atom stereocenters. The number of carboxylic acids is 1. The van der Waals surface area contributed by atoms with E-state index < -0.39 is 12.0 Å². The second-order valence-electron chi connectivity index (χ2n) is 4.49. The van der Waals surface area contributed by atoms with Gasteiger partial charge in [0.1, 0.15) is 0 Å². The predicted molar refractivity (Wildman–Crippen MR) is 61.3 cm³/mol. The Bertz CT molecular complexity index is 317. The van der Waals surface area contributed by atoms with Crippen LogP contribution >= 0.6 is 0 Å². The average molecular weight is 258 g/mol. The highest BCUT2D eigenvalue weighted by Gasteiger charge is 2.33. The molecule has 102 valence electrons. The topological polar surface area (TPSA) is 88.1 Å². The van der Waals surface area contributed by atoms with Crippen molar-refractivity contribution in [1.29, 1.82) is 0 Å². The number of urea groups is 1. The maximum absolute atomic E-state index is 12.0. The largest absolute Gasteiger partial charge is 0.480 e. The minimum atomic E-state index is -1.04. The molecule has 0 bridgehead atoms. The molecular weight excluding hydrogens is 240 g/mol. The molecule has 2 fully saturated rings. The lowest BCUT2D eigenvalue weighted by molar-refractivity contribution is -0.147. The van der Waals surface area contributed by atoms with Crippen LogP contribution in [0.3, 0.4) is 0 Å². The van der Waals surface area contributed by atoms with Gasteiger partial charge in [-0.1, -0.05) is 0 Å². The van der Waals surface area contributed by atoms with Crippen molar-refractivity contribution in [2.24, 2.45) is 0 Å². The molecule has 2 amide bonds. The molecule has 7 nitrogen and oxygen atoms in total. The molecule has 0 aromatic carbocycles. The Labute approximate surface area is 105 Å². The molecule has 2 heterocycles. The zero-order chi connectivity index (χ0) is 13.0. The normalized spacial score (nSPS) is 28.8. The standard InChI is InChI=1S/C11H18N2O5/c14-10(15)9-7-18-5-3-13(9)11(16)12-8-2-1-4-17-6-8/h8-9H,1-7H2,(H,12,16)(H,14,15). The third-order valence-corrected chi connectivity index (χ3v) is 3.16. The third-order valence-electron chi connectivity index (χ3n) is 3.16. The molecule has 2 unspecified atom stereocenters. The van der Waals surface area contributed by atoms with Gasteiger partial charge in [0.05, 0.1) is 25.9 Å². The lowest BCUT2D eigenvalue weighted by Gasteiger charge is -2.34. The molecule has 2 N–H and O–H groups in total. The van der Waals surface area contributed by atoms with Gasteiger partial charge in [-0.2, -0.15) is 0 Å². The van der Waals surface area contributed by atoms with E-state index in [1.807, 2.05) is 0 Å². The van der Waals surface area contributed by atoms with Crippen molar-refractivity contribution >= 4 is 12.0 Å². The van der Waals surface area contributed by atoms with Gasteiger partial charge in [0.2, 0.25) is 0 Å². The number of hydrogen-bond acceptors (Lipinski definition) is 4. The van der Waals surface area contributed by atoms with E-state index in [2.05, 4.69) is 5.32 Å². The van der Waals surface area contributed by atoms with E-state index in [1.54, 1.807) is 0 Å². The number of ether oxygens (including phenoxy) is 2. The number of amides is 2. The lowest BCUT2D eigenvalue weighted by Crippen LogP contribution is -2.57. The minimum Gasteiger partial charge on any atom is -0.480 e. The van der Waals surface area contributed by atoms with Crippen LogP contribution in [0.4, 0.5) is 4.79 Å². The molecule has 2 saturated heterocycles. The highest BCUT2D eigenvalue weighted by atomic mass is 16.5. The number of rotatable bonds is 2. The van der Waals surface area contributed by atoms with Gasteiger partial charge in [0.25, 0.3) is 0 Å². The summed E-state index contributed by atoms with van der Waals surface area (Å²) in [6, 6.07) is -1.27. The van der Waals surface area contributed by atoms with E-state index in [0.29, 0.717) is 19.8 Å². The van der Waals surface area contributed by atoms with E-state index in [4.69, 9.17) is 14.6 Å². The van der Waals surface area contributed by atoms with Gasteiger partial charge in [0.15, 0.2) is 6.04 Å². The van der Waals surface area contributed by atoms with Crippen LogP contribution < -0.4 is 5.32 Å². The van der Waals surface area contributed by atoms with Crippen LogP contribution in [0.25, 0.3) is 0 Å². The quantitative estimate of drug-likeness (QED) is 0.707. The number of aliphatic carboxylic acids is 1. The van der Waals surface area contributed by atoms with Crippen LogP contribution in [-0.2, 0) is 14.3 Å². The van der Waals surface area contributed by atoms with Crippen molar-refractivity contribution in [2.45, 2.75) is 24.9 Å². The highest BCUT2D eigenvalue weighted by Crippen LogP contribution is 2.10. The zero-order valence-electron chi connectivity index (χ0n) is 10.1. The van der Waals surface area contributed by atoms with Gasteiger partial charge in [0, 0.05) is 13.2 Å². The van der Waals surface area contributed by atoms with Crippen molar-refractivity contribution in [3.63, 3.8) is 0 Å². The molecule has 0 spiro atoms. The van der Waals surface area contributed by atoms with Crippen molar-refractivity contribution < 1.29 is 24.2 Å². The summed E-state index contributed by atoms with van der Waals surface area (Å²) in [7, 11) is 0. The summed E-state index contributed by atoms with van der Waals surface area (Å²) in [6.07, 6.45) is 1.78. The molecule has 0 radical (unpaired) electrons. The van der Waals surface area contributed by atoms with E-state index in [1.165, 1.54) is 4.90 Å². The number of nitrogens with zero attached hydrogens (tertiary/aromatic N) is 1. The Morgan fingerprint density at radius 3 is 2.67 bits per heavy atom. The van der Waals surface area contributed by atoms with Gasteiger partial charge in [-0.3, -0.25) is 0 Å². The molecule has 18 heavy (non-hydrogen) atoms. The second kappa shape index (κ2) is 6.01. The van der Waals surface area contributed by atoms with Crippen LogP contribution in [0.2, 0.25) is 0 Å².